The van der Waals surface area contributed by atoms with Crippen LogP contribution in [0.3, 0.4) is 0 Å². The van der Waals surface area contributed by atoms with Crippen molar-refractivity contribution in [2.75, 3.05) is 0 Å². The third kappa shape index (κ3) is 7.64. The van der Waals surface area contributed by atoms with E-state index in [1.807, 2.05) is 11.1 Å². The first kappa shape index (κ1) is 34.6. The molecule has 0 radical (unpaired) electrons. The van der Waals surface area contributed by atoms with Gasteiger partial charge in [0.05, 0.1) is 0 Å². The van der Waals surface area contributed by atoms with E-state index in [0.29, 0.717) is 0 Å². The summed E-state index contributed by atoms with van der Waals surface area (Å²) in [6.45, 7) is 11.0. The van der Waals surface area contributed by atoms with Gasteiger partial charge < -0.3 is 0 Å². The summed E-state index contributed by atoms with van der Waals surface area (Å²) in [5.41, 5.74) is 5.92. The van der Waals surface area contributed by atoms with Crippen LogP contribution in [0.1, 0.15) is 207 Å². The highest BCUT2D eigenvalue weighted by atomic mass is 28.3. The van der Waals surface area contributed by atoms with Crippen LogP contribution < -0.4 is 0 Å². The minimum Gasteiger partial charge on any atom is -0.0792 e. The molecule has 0 unspecified atom stereocenters. The predicted molar refractivity (Wildman–Crippen MR) is 200 cm³/mol. The fraction of sp³-hybridized carbons (Fsp3) is 0.909. The second-order valence-electron chi connectivity index (χ2n) is 18.2. The van der Waals surface area contributed by atoms with Gasteiger partial charge in [-0.05, 0) is 126 Å². The first-order valence-corrected chi connectivity index (χ1v) is 23.5. The van der Waals surface area contributed by atoms with Crippen molar-refractivity contribution in [2.45, 2.75) is 219 Å². The van der Waals surface area contributed by atoms with Gasteiger partial charge in [-0.25, -0.2) is 0 Å². The minimum atomic E-state index is -1.83. The van der Waals surface area contributed by atoms with Crippen LogP contribution in [0.15, 0.2) is 21.5 Å². The maximum absolute atomic E-state index is 2.79. The Labute approximate surface area is 282 Å². The van der Waals surface area contributed by atoms with Gasteiger partial charge in [0.25, 0.3) is 0 Å². The summed E-state index contributed by atoms with van der Waals surface area (Å²) >= 11 is 0. The molecule has 6 fully saturated rings. The van der Waals surface area contributed by atoms with Gasteiger partial charge in [-0.1, -0.05) is 150 Å². The van der Waals surface area contributed by atoms with Crippen molar-refractivity contribution in [3.05, 3.63) is 21.5 Å². The molecule has 45 heavy (non-hydrogen) atoms. The maximum atomic E-state index is 2.79. The van der Waals surface area contributed by atoms with Crippen molar-refractivity contribution >= 4 is 8.07 Å². The van der Waals surface area contributed by atoms with Gasteiger partial charge in [0.1, 0.15) is 8.07 Å². The second-order valence-corrected chi connectivity index (χ2v) is 23.0. The van der Waals surface area contributed by atoms with Crippen molar-refractivity contribution < 1.29 is 0 Å². The fourth-order valence-corrected chi connectivity index (χ4v) is 21.5. The molecule has 0 aliphatic heterocycles. The predicted octanol–water partition coefficient (Wildman–Crippen LogP) is 14.6. The molecular weight excluding hydrogens is 557 g/mol. The Morgan fingerprint density at radius 3 is 0.889 bits per heavy atom. The summed E-state index contributed by atoms with van der Waals surface area (Å²) < 4.78 is 0. The molecular formula is C44H76Si. The summed E-state index contributed by atoms with van der Waals surface area (Å²) in [7, 11) is -1.83. The quantitative estimate of drug-likeness (QED) is 0.234. The van der Waals surface area contributed by atoms with Crippen LogP contribution in [0.5, 0.6) is 0 Å². The Morgan fingerprint density at radius 1 is 0.311 bits per heavy atom. The Balaban J connectivity index is 1.29. The summed E-state index contributed by atoms with van der Waals surface area (Å²) in [6, 6.07) is 0. The summed E-state index contributed by atoms with van der Waals surface area (Å²) in [6.07, 6.45) is 42.8. The van der Waals surface area contributed by atoms with Crippen molar-refractivity contribution in [3.8, 4) is 0 Å². The molecule has 0 heterocycles. The van der Waals surface area contributed by atoms with Crippen LogP contribution in [0, 0.1) is 35.5 Å². The Kier molecular flexibility index (Phi) is 12.6. The monoisotopic (exact) mass is 633 g/mol. The molecule has 0 N–H and O–H groups in total. The Bertz CT molecular complexity index is 880. The molecule has 0 aromatic rings. The van der Waals surface area contributed by atoms with Crippen LogP contribution in [-0.4, -0.2) is 8.07 Å². The van der Waals surface area contributed by atoms with Crippen LogP contribution in [0.2, 0.25) is 11.1 Å². The lowest BCUT2D eigenvalue weighted by Crippen LogP contribution is -2.51. The standard InChI is InChI=1S/C44H76Si/c1-33(37-25-29-41(30-26-37)39-17-9-5-10-18-39)35(3)45(43-21-13-7-14-22-43,44-23-15-8-16-24-44)36(4)34(2)38-27-31-42(32-28-38)40-19-11-6-12-20-40/h37-44H,5-32H2,1-4H3. The highest BCUT2D eigenvalue weighted by molar-refractivity contribution is 6.95. The van der Waals surface area contributed by atoms with Gasteiger partial charge >= 0.3 is 0 Å². The van der Waals surface area contributed by atoms with E-state index in [4.69, 9.17) is 0 Å². The van der Waals surface area contributed by atoms with Gasteiger partial charge in [-0.2, -0.15) is 0 Å². The fourth-order valence-electron chi connectivity index (χ4n) is 13.5. The lowest BCUT2D eigenvalue weighted by atomic mass is 9.70. The van der Waals surface area contributed by atoms with Crippen LogP contribution in [0.25, 0.3) is 0 Å². The van der Waals surface area contributed by atoms with Crippen molar-refractivity contribution in [1.82, 2.24) is 0 Å². The smallest absolute Gasteiger partial charge is 0.0792 e. The van der Waals surface area contributed by atoms with E-state index < -0.39 is 8.07 Å². The van der Waals surface area contributed by atoms with E-state index in [1.165, 1.54) is 103 Å². The van der Waals surface area contributed by atoms with Crippen molar-refractivity contribution in [2.24, 2.45) is 35.5 Å². The van der Waals surface area contributed by atoms with E-state index in [-0.39, 0.29) is 0 Å². The Morgan fingerprint density at radius 2 is 0.578 bits per heavy atom. The molecule has 0 spiro atoms. The van der Waals surface area contributed by atoms with Crippen LogP contribution in [0.4, 0.5) is 0 Å². The third-order valence-electron chi connectivity index (χ3n) is 16.3. The summed E-state index contributed by atoms with van der Waals surface area (Å²) in [5, 5.41) is 4.10. The molecule has 0 nitrogen and oxygen atoms in total. The molecule has 0 saturated heterocycles. The maximum Gasteiger partial charge on any atom is 0.114 e. The lowest BCUT2D eigenvalue weighted by molar-refractivity contribution is 0.177. The van der Waals surface area contributed by atoms with E-state index in [1.54, 1.807) is 77.0 Å². The number of hydrogen-bond donors (Lipinski definition) is 0. The molecule has 0 amide bonds. The Hall–Kier alpha value is -0.303. The number of allylic oxidation sites excluding steroid dienone is 4. The van der Waals surface area contributed by atoms with Gasteiger partial charge in [0.2, 0.25) is 0 Å². The molecule has 6 rings (SSSR count). The molecule has 1 heteroatoms. The van der Waals surface area contributed by atoms with E-state index in [2.05, 4.69) is 38.1 Å². The van der Waals surface area contributed by atoms with E-state index >= 15 is 0 Å². The van der Waals surface area contributed by atoms with Crippen LogP contribution in [-0.2, 0) is 0 Å². The normalized spacial score (nSPS) is 33.9. The first-order chi connectivity index (χ1) is 22.0. The molecule has 0 atom stereocenters. The average molecular weight is 633 g/mol. The lowest BCUT2D eigenvalue weighted by Gasteiger charge is -2.52. The third-order valence-corrected chi connectivity index (χ3v) is 23.3. The second kappa shape index (κ2) is 16.4. The van der Waals surface area contributed by atoms with E-state index in [9.17, 15) is 0 Å². The van der Waals surface area contributed by atoms with Gasteiger partial charge in [0.15, 0.2) is 0 Å². The first-order valence-electron chi connectivity index (χ1n) is 21.4. The van der Waals surface area contributed by atoms with E-state index in [0.717, 1.165) is 46.6 Å². The molecule has 0 bridgehead atoms. The van der Waals surface area contributed by atoms with Gasteiger partial charge in [-0.3, -0.25) is 0 Å². The topological polar surface area (TPSA) is 0 Å². The van der Waals surface area contributed by atoms with Crippen LogP contribution >= 0.6 is 0 Å². The minimum absolute atomic E-state index is 0.892. The SMILES string of the molecule is CC(=C(C)[Si](C(C)=C(C)C1CCC(C2CCCCC2)CC1)(C1CCCCC1)C1CCCCC1)C1CCC(C2CCCCC2)CC1. The summed E-state index contributed by atoms with van der Waals surface area (Å²) in [5.74, 6) is 6.04. The van der Waals surface area contributed by atoms with Crippen molar-refractivity contribution in [3.63, 3.8) is 0 Å². The molecule has 0 aromatic carbocycles. The highest BCUT2D eigenvalue weighted by Crippen LogP contribution is 2.57. The van der Waals surface area contributed by atoms with Crippen molar-refractivity contribution in [1.29, 1.82) is 0 Å². The largest absolute Gasteiger partial charge is 0.114 e. The highest BCUT2D eigenvalue weighted by Gasteiger charge is 2.52. The molecule has 6 aliphatic carbocycles. The van der Waals surface area contributed by atoms with Gasteiger partial charge in [-0.15, -0.1) is 0 Å². The van der Waals surface area contributed by atoms with Gasteiger partial charge in [0, 0.05) is 0 Å². The number of rotatable bonds is 8. The zero-order valence-corrected chi connectivity index (χ0v) is 31.9. The zero-order chi connectivity index (χ0) is 31.2. The molecule has 6 saturated carbocycles. The molecule has 6 aliphatic rings. The summed E-state index contributed by atoms with van der Waals surface area (Å²) in [4.78, 5) is 0. The zero-order valence-electron chi connectivity index (χ0n) is 30.9. The molecule has 256 valence electrons. The average Bonchev–Trinajstić information content (AvgIpc) is 3.13. The number of hydrogen-bond acceptors (Lipinski definition) is 0. The molecule has 0 aromatic heterocycles.